The highest BCUT2D eigenvalue weighted by Crippen LogP contribution is 2.12. The van der Waals surface area contributed by atoms with Crippen molar-refractivity contribution < 1.29 is 14.7 Å². The van der Waals surface area contributed by atoms with E-state index in [1.807, 2.05) is 27.7 Å². The van der Waals surface area contributed by atoms with Crippen LogP contribution in [0.25, 0.3) is 0 Å². The van der Waals surface area contributed by atoms with Crippen molar-refractivity contribution in [2.24, 2.45) is 0 Å². The summed E-state index contributed by atoms with van der Waals surface area (Å²) in [4.78, 5) is 23.7. The van der Waals surface area contributed by atoms with E-state index >= 15 is 0 Å². The molecule has 0 aliphatic carbocycles. The molecule has 0 aromatic rings. The summed E-state index contributed by atoms with van der Waals surface area (Å²) >= 11 is 0. The minimum Gasteiger partial charge on any atom is -0.481 e. The van der Waals surface area contributed by atoms with E-state index in [9.17, 15) is 9.59 Å². The molecule has 5 nitrogen and oxygen atoms in total. The minimum absolute atomic E-state index is 0.0542. The van der Waals surface area contributed by atoms with Gasteiger partial charge in [0.05, 0.1) is 0 Å². The van der Waals surface area contributed by atoms with E-state index < -0.39 is 11.5 Å². The number of rotatable bonds is 5. The first-order chi connectivity index (χ1) is 7.15. The first-order valence-electron chi connectivity index (χ1n) is 5.42. The van der Waals surface area contributed by atoms with Crippen LogP contribution in [-0.2, 0) is 4.79 Å². The van der Waals surface area contributed by atoms with Gasteiger partial charge in [-0.3, -0.25) is 4.79 Å². The maximum atomic E-state index is 11.7. The smallest absolute Gasteiger partial charge is 0.317 e. The molecule has 16 heavy (non-hydrogen) atoms. The van der Waals surface area contributed by atoms with Gasteiger partial charge >= 0.3 is 12.0 Å². The predicted molar refractivity (Wildman–Crippen MR) is 62.4 cm³/mol. The molecule has 0 aliphatic heterocycles. The molecule has 2 N–H and O–H groups in total. The Morgan fingerprint density at radius 3 is 2.25 bits per heavy atom. The fraction of sp³-hybridized carbons (Fsp3) is 0.818. The lowest BCUT2D eigenvalue weighted by atomic mass is 9.99. The fourth-order valence-electron chi connectivity index (χ4n) is 1.09. The van der Waals surface area contributed by atoms with E-state index in [1.165, 1.54) is 0 Å². The number of amides is 2. The molecule has 0 aromatic heterocycles. The molecule has 0 rings (SSSR count). The number of hydrogen-bond acceptors (Lipinski definition) is 2. The molecular weight excluding hydrogens is 208 g/mol. The van der Waals surface area contributed by atoms with Crippen molar-refractivity contribution >= 4 is 12.0 Å². The molecule has 0 fully saturated rings. The molecule has 5 heteroatoms. The largest absolute Gasteiger partial charge is 0.481 e. The van der Waals surface area contributed by atoms with E-state index in [-0.39, 0.29) is 18.5 Å². The molecule has 94 valence electrons. The summed E-state index contributed by atoms with van der Waals surface area (Å²) < 4.78 is 0. The number of urea groups is 1. The summed E-state index contributed by atoms with van der Waals surface area (Å²) in [7, 11) is 1.72. The van der Waals surface area contributed by atoms with Gasteiger partial charge in [-0.15, -0.1) is 0 Å². The Labute approximate surface area is 96.8 Å². The molecule has 0 atom stereocenters. The monoisotopic (exact) mass is 230 g/mol. The normalized spacial score (nSPS) is 11.4. The Morgan fingerprint density at radius 2 is 1.88 bits per heavy atom. The molecule has 0 aliphatic rings. The molecule has 0 aromatic carbocycles. The number of carbonyl (C=O) groups is 2. The van der Waals surface area contributed by atoms with Crippen LogP contribution in [0.4, 0.5) is 4.79 Å². The topological polar surface area (TPSA) is 69.6 Å². The molecule has 2 amide bonds. The van der Waals surface area contributed by atoms with Crippen molar-refractivity contribution in [1.29, 1.82) is 0 Å². The number of carboxylic acid groups (broad SMARTS) is 1. The summed E-state index contributed by atoms with van der Waals surface area (Å²) in [5, 5.41) is 11.4. The minimum atomic E-state index is -0.848. The van der Waals surface area contributed by atoms with Gasteiger partial charge < -0.3 is 15.3 Å². The lowest BCUT2D eigenvalue weighted by Gasteiger charge is -2.30. The van der Waals surface area contributed by atoms with Crippen molar-refractivity contribution in [3.63, 3.8) is 0 Å². The molecule has 0 saturated heterocycles. The third-order valence-electron chi connectivity index (χ3n) is 2.50. The first-order valence-corrected chi connectivity index (χ1v) is 5.42. The zero-order chi connectivity index (χ0) is 12.9. The van der Waals surface area contributed by atoms with Crippen LogP contribution in [0.3, 0.4) is 0 Å². The first kappa shape index (κ1) is 14.7. The van der Waals surface area contributed by atoms with Crippen molar-refractivity contribution in [3.05, 3.63) is 0 Å². The van der Waals surface area contributed by atoms with Gasteiger partial charge in [-0.2, -0.15) is 0 Å². The number of carboxylic acids is 1. The summed E-state index contributed by atoms with van der Waals surface area (Å²) in [5.41, 5.74) is -0.501. The highest BCUT2D eigenvalue weighted by molar-refractivity contribution is 5.75. The molecule has 0 unspecified atom stereocenters. The van der Waals surface area contributed by atoms with Gasteiger partial charge in [0.2, 0.25) is 0 Å². The van der Waals surface area contributed by atoms with Crippen LogP contribution in [0.15, 0.2) is 0 Å². The molecule has 0 bridgehead atoms. The van der Waals surface area contributed by atoms with Crippen LogP contribution in [-0.4, -0.2) is 40.6 Å². The second-order valence-electron chi connectivity index (χ2n) is 4.91. The SMILES string of the molecule is CC(C)N(C)C(=O)NC(C)(C)CCC(=O)O. The average Bonchev–Trinajstić information content (AvgIpc) is 2.12. The maximum Gasteiger partial charge on any atom is 0.317 e. The molecule has 0 spiro atoms. The molecule has 0 saturated carbocycles. The summed E-state index contributed by atoms with van der Waals surface area (Å²) in [6.45, 7) is 7.48. The second kappa shape index (κ2) is 5.72. The zero-order valence-electron chi connectivity index (χ0n) is 10.7. The predicted octanol–water partition coefficient (Wildman–Crippen LogP) is 1.68. The van der Waals surface area contributed by atoms with Crippen LogP contribution in [0.1, 0.15) is 40.5 Å². The molecule has 0 radical (unpaired) electrons. The van der Waals surface area contributed by atoms with Gasteiger partial charge in [-0.05, 0) is 34.1 Å². The Hall–Kier alpha value is -1.26. The summed E-state index contributed by atoms with van der Waals surface area (Å²) in [5.74, 6) is -0.848. The number of hydrogen-bond donors (Lipinski definition) is 2. The van der Waals surface area contributed by atoms with Crippen molar-refractivity contribution in [3.8, 4) is 0 Å². The van der Waals surface area contributed by atoms with Crippen molar-refractivity contribution in [2.45, 2.75) is 52.1 Å². The number of nitrogens with one attached hydrogen (secondary N) is 1. The lowest BCUT2D eigenvalue weighted by molar-refractivity contribution is -0.137. The Morgan fingerprint density at radius 1 is 1.38 bits per heavy atom. The van der Waals surface area contributed by atoms with Crippen LogP contribution in [0, 0.1) is 0 Å². The van der Waals surface area contributed by atoms with E-state index in [4.69, 9.17) is 5.11 Å². The highest BCUT2D eigenvalue weighted by atomic mass is 16.4. The van der Waals surface area contributed by atoms with Gasteiger partial charge in [0, 0.05) is 25.0 Å². The van der Waals surface area contributed by atoms with E-state index in [2.05, 4.69) is 5.32 Å². The van der Waals surface area contributed by atoms with Gasteiger partial charge in [0.15, 0.2) is 0 Å². The zero-order valence-corrected chi connectivity index (χ0v) is 10.7. The number of nitrogens with zero attached hydrogens (tertiary/aromatic N) is 1. The van der Waals surface area contributed by atoms with Crippen molar-refractivity contribution in [2.75, 3.05) is 7.05 Å². The maximum absolute atomic E-state index is 11.7. The summed E-state index contributed by atoms with van der Waals surface area (Å²) in [6.07, 6.45) is 0.471. The van der Waals surface area contributed by atoms with E-state index in [0.29, 0.717) is 6.42 Å². The van der Waals surface area contributed by atoms with Crippen molar-refractivity contribution in [1.82, 2.24) is 10.2 Å². The molecular formula is C11H22N2O3. The van der Waals surface area contributed by atoms with Crippen LogP contribution in [0.2, 0.25) is 0 Å². The standard InChI is InChI=1S/C11H22N2O3/c1-8(2)13(5)10(16)12-11(3,4)7-6-9(14)15/h8H,6-7H2,1-5H3,(H,12,16)(H,14,15). The van der Waals surface area contributed by atoms with Crippen LogP contribution in [0.5, 0.6) is 0 Å². The Kier molecular flexibility index (Phi) is 5.27. The Bertz CT molecular complexity index is 262. The summed E-state index contributed by atoms with van der Waals surface area (Å²) in [6, 6.07) is -0.0549. The van der Waals surface area contributed by atoms with Gasteiger partial charge in [0.1, 0.15) is 0 Å². The fourth-order valence-corrected chi connectivity index (χ4v) is 1.09. The highest BCUT2D eigenvalue weighted by Gasteiger charge is 2.23. The third kappa shape index (κ3) is 5.58. The van der Waals surface area contributed by atoms with Crippen LogP contribution >= 0.6 is 0 Å². The number of aliphatic carboxylic acids is 1. The molecule has 0 heterocycles. The Balaban J connectivity index is 4.24. The van der Waals surface area contributed by atoms with E-state index in [1.54, 1.807) is 11.9 Å². The third-order valence-corrected chi connectivity index (χ3v) is 2.50. The van der Waals surface area contributed by atoms with Gasteiger partial charge in [-0.25, -0.2) is 4.79 Å². The average molecular weight is 230 g/mol. The number of carbonyl (C=O) groups excluding carboxylic acids is 1. The van der Waals surface area contributed by atoms with Crippen LogP contribution < -0.4 is 5.32 Å². The lowest BCUT2D eigenvalue weighted by Crippen LogP contribution is -2.50. The van der Waals surface area contributed by atoms with Gasteiger partial charge in [0.25, 0.3) is 0 Å². The quantitative estimate of drug-likeness (QED) is 0.755. The van der Waals surface area contributed by atoms with E-state index in [0.717, 1.165) is 0 Å². The van der Waals surface area contributed by atoms with Gasteiger partial charge in [-0.1, -0.05) is 0 Å². The second-order valence-corrected chi connectivity index (χ2v) is 4.91.